The molecule has 0 unspecified atom stereocenters. The molecule has 1 saturated heterocycles. The van der Waals surface area contributed by atoms with Crippen LogP contribution in [0.3, 0.4) is 0 Å². The van der Waals surface area contributed by atoms with E-state index in [0.717, 1.165) is 68.4 Å². The number of nitro groups is 1. The molecule has 5 rings (SSSR count). The molecule has 4 aromatic rings. The first-order chi connectivity index (χ1) is 18.4. The monoisotopic (exact) mass is 512 g/mol. The standard InChI is InChI=1S/C29H32N6O3/c1-3-4-8-21-9-12-23(13-10-21)34-31-25-17-20(2)24(19-26(25)32-34)30-29(36)22-11-14-27(28(18-22)35(37)38)33-15-6-5-7-16-33/h9-14,17-19H,3-8,15-16H2,1-2H3,(H,30,36). The number of amides is 1. The lowest BCUT2D eigenvalue weighted by Crippen LogP contribution is -2.30. The van der Waals surface area contributed by atoms with Crippen LogP contribution in [0.15, 0.2) is 54.6 Å². The third kappa shape index (κ3) is 5.37. The number of hydrogen-bond acceptors (Lipinski definition) is 6. The minimum atomic E-state index is -0.410. The van der Waals surface area contributed by atoms with E-state index in [1.54, 1.807) is 23.0 Å². The number of benzene rings is 3. The molecule has 1 aromatic heterocycles. The third-order valence-electron chi connectivity index (χ3n) is 7.09. The molecule has 0 aliphatic carbocycles. The first kappa shape index (κ1) is 25.4. The van der Waals surface area contributed by atoms with E-state index in [2.05, 4.69) is 34.6 Å². The molecule has 3 aromatic carbocycles. The molecule has 1 N–H and O–H groups in total. The van der Waals surface area contributed by atoms with E-state index in [9.17, 15) is 14.9 Å². The molecular formula is C29H32N6O3. The normalized spacial score (nSPS) is 13.6. The van der Waals surface area contributed by atoms with Gasteiger partial charge in [-0.1, -0.05) is 25.5 Å². The summed E-state index contributed by atoms with van der Waals surface area (Å²) < 4.78 is 0. The van der Waals surface area contributed by atoms with E-state index < -0.39 is 10.8 Å². The highest BCUT2D eigenvalue weighted by atomic mass is 16.6. The number of nitro benzene ring substituents is 1. The topological polar surface area (TPSA) is 106 Å². The smallest absolute Gasteiger partial charge is 0.293 e. The van der Waals surface area contributed by atoms with Gasteiger partial charge in [-0.2, -0.15) is 4.80 Å². The molecular weight excluding hydrogens is 480 g/mol. The van der Waals surface area contributed by atoms with Crippen molar-refractivity contribution in [2.24, 2.45) is 0 Å². The molecule has 2 heterocycles. The molecule has 0 radical (unpaired) electrons. The molecule has 38 heavy (non-hydrogen) atoms. The van der Waals surface area contributed by atoms with Gasteiger partial charge < -0.3 is 10.2 Å². The van der Waals surface area contributed by atoms with Gasteiger partial charge in [-0.05, 0) is 86.6 Å². The van der Waals surface area contributed by atoms with Gasteiger partial charge in [0.2, 0.25) is 0 Å². The molecule has 0 spiro atoms. The number of fused-ring (bicyclic) bond motifs is 1. The second-order valence-corrected chi connectivity index (χ2v) is 9.88. The number of hydrogen-bond donors (Lipinski definition) is 1. The van der Waals surface area contributed by atoms with Crippen LogP contribution in [0, 0.1) is 17.0 Å². The summed E-state index contributed by atoms with van der Waals surface area (Å²) in [6, 6.07) is 16.6. The summed E-state index contributed by atoms with van der Waals surface area (Å²) in [6.45, 7) is 5.64. The quantitative estimate of drug-likeness (QED) is 0.222. The van der Waals surface area contributed by atoms with Crippen LogP contribution in [0.1, 0.15) is 60.5 Å². The van der Waals surface area contributed by atoms with Crippen molar-refractivity contribution in [3.8, 4) is 5.69 Å². The number of anilines is 2. The van der Waals surface area contributed by atoms with E-state index in [1.807, 2.05) is 30.0 Å². The lowest BCUT2D eigenvalue weighted by Gasteiger charge is -2.28. The number of unbranched alkanes of at least 4 members (excludes halogenated alkanes) is 1. The molecule has 196 valence electrons. The maximum Gasteiger partial charge on any atom is 0.293 e. The molecule has 9 heteroatoms. The van der Waals surface area contributed by atoms with E-state index in [-0.39, 0.29) is 11.3 Å². The molecule has 0 bridgehead atoms. The van der Waals surface area contributed by atoms with Crippen molar-refractivity contribution in [1.82, 2.24) is 15.0 Å². The zero-order valence-corrected chi connectivity index (χ0v) is 21.8. The molecule has 0 atom stereocenters. The second kappa shape index (κ2) is 11.0. The van der Waals surface area contributed by atoms with Gasteiger partial charge in [0.1, 0.15) is 16.7 Å². The number of nitrogens with zero attached hydrogens (tertiary/aromatic N) is 5. The highest BCUT2D eigenvalue weighted by Crippen LogP contribution is 2.32. The lowest BCUT2D eigenvalue weighted by atomic mass is 10.1. The summed E-state index contributed by atoms with van der Waals surface area (Å²) in [4.78, 5) is 28.1. The number of rotatable bonds is 8. The number of aryl methyl sites for hydroxylation is 2. The van der Waals surface area contributed by atoms with Gasteiger partial charge >= 0.3 is 0 Å². The van der Waals surface area contributed by atoms with Crippen LogP contribution in [0.4, 0.5) is 17.1 Å². The van der Waals surface area contributed by atoms with Crippen molar-refractivity contribution in [2.75, 3.05) is 23.3 Å². The number of carbonyl (C=O) groups excluding carboxylic acids is 1. The van der Waals surface area contributed by atoms with Crippen molar-refractivity contribution in [3.63, 3.8) is 0 Å². The molecule has 1 fully saturated rings. The molecule has 1 amide bonds. The fraction of sp³-hybridized carbons (Fsp3) is 0.345. The molecule has 0 saturated carbocycles. The van der Waals surface area contributed by atoms with Crippen LogP contribution < -0.4 is 10.2 Å². The Balaban J connectivity index is 1.37. The Morgan fingerprint density at radius 1 is 1.00 bits per heavy atom. The van der Waals surface area contributed by atoms with Crippen LogP contribution in [-0.4, -0.2) is 38.9 Å². The lowest BCUT2D eigenvalue weighted by molar-refractivity contribution is -0.384. The Kier molecular flexibility index (Phi) is 7.35. The van der Waals surface area contributed by atoms with Gasteiger partial charge in [-0.3, -0.25) is 14.9 Å². The highest BCUT2D eigenvalue weighted by molar-refractivity contribution is 6.06. The van der Waals surface area contributed by atoms with Crippen LogP contribution in [0.25, 0.3) is 16.7 Å². The highest BCUT2D eigenvalue weighted by Gasteiger charge is 2.23. The van der Waals surface area contributed by atoms with Crippen molar-refractivity contribution in [1.29, 1.82) is 0 Å². The Morgan fingerprint density at radius 3 is 2.39 bits per heavy atom. The summed E-state index contributed by atoms with van der Waals surface area (Å²) in [5.74, 6) is -0.407. The first-order valence-corrected chi connectivity index (χ1v) is 13.2. The predicted molar refractivity (Wildman–Crippen MR) is 149 cm³/mol. The number of nitrogens with one attached hydrogen (secondary N) is 1. The second-order valence-electron chi connectivity index (χ2n) is 9.88. The van der Waals surface area contributed by atoms with Crippen LogP contribution >= 0.6 is 0 Å². The van der Waals surface area contributed by atoms with Crippen LogP contribution in [-0.2, 0) is 6.42 Å². The van der Waals surface area contributed by atoms with Crippen molar-refractivity contribution in [2.45, 2.75) is 52.4 Å². The fourth-order valence-electron chi connectivity index (χ4n) is 4.90. The predicted octanol–water partition coefficient (Wildman–Crippen LogP) is 6.22. The fourth-order valence-corrected chi connectivity index (χ4v) is 4.90. The van der Waals surface area contributed by atoms with Gasteiger partial charge in [-0.25, -0.2) is 0 Å². The minimum Gasteiger partial charge on any atom is -0.366 e. The summed E-state index contributed by atoms with van der Waals surface area (Å²) >= 11 is 0. The zero-order valence-electron chi connectivity index (χ0n) is 21.8. The van der Waals surface area contributed by atoms with Crippen molar-refractivity contribution < 1.29 is 9.72 Å². The third-order valence-corrected chi connectivity index (χ3v) is 7.09. The maximum atomic E-state index is 13.1. The largest absolute Gasteiger partial charge is 0.366 e. The average Bonchev–Trinajstić information content (AvgIpc) is 3.35. The maximum absolute atomic E-state index is 13.1. The first-order valence-electron chi connectivity index (χ1n) is 13.2. The summed E-state index contributed by atoms with van der Waals surface area (Å²) in [5.41, 5.74) is 5.70. The van der Waals surface area contributed by atoms with Crippen LogP contribution in [0.2, 0.25) is 0 Å². The average molecular weight is 513 g/mol. The molecule has 1 aliphatic heterocycles. The SMILES string of the molecule is CCCCc1ccc(-n2nc3cc(C)c(NC(=O)c4ccc(N5CCCCC5)c([N+](=O)[O-])c4)cc3n2)cc1. The number of piperidine rings is 1. The van der Waals surface area contributed by atoms with E-state index in [4.69, 9.17) is 0 Å². The Bertz CT molecular complexity index is 1470. The summed E-state index contributed by atoms with van der Waals surface area (Å²) in [6.07, 6.45) is 6.52. The molecule has 9 nitrogen and oxygen atoms in total. The van der Waals surface area contributed by atoms with Crippen LogP contribution in [0.5, 0.6) is 0 Å². The van der Waals surface area contributed by atoms with E-state index in [1.165, 1.54) is 11.6 Å². The minimum absolute atomic E-state index is 0.0459. The Hall–Kier alpha value is -4.27. The molecule has 1 aliphatic rings. The van der Waals surface area contributed by atoms with Gasteiger partial charge in [0, 0.05) is 30.4 Å². The zero-order chi connectivity index (χ0) is 26.6. The number of carbonyl (C=O) groups is 1. The van der Waals surface area contributed by atoms with Gasteiger partial charge in [0.05, 0.1) is 10.6 Å². The van der Waals surface area contributed by atoms with E-state index in [0.29, 0.717) is 16.9 Å². The van der Waals surface area contributed by atoms with E-state index >= 15 is 0 Å². The Labute approximate surface area is 221 Å². The van der Waals surface area contributed by atoms with Gasteiger partial charge in [0.25, 0.3) is 11.6 Å². The Morgan fingerprint density at radius 2 is 1.71 bits per heavy atom. The number of aromatic nitrogens is 3. The van der Waals surface area contributed by atoms with Gasteiger partial charge in [0.15, 0.2) is 0 Å². The van der Waals surface area contributed by atoms with Crippen molar-refractivity contribution in [3.05, 3.63) is 81.4 Å². The summed E-state index contributed by atoms with van der Waals surface area (Å²) in [5, 5.41) is 23.9. The van der Waals surface area contributed by atoms with Gasteiger partial charge in [-0.15, -0.1) is 10.2 Å². The van der Waals surface area contributed by atoms with Crippen molar-refractivity contribution >= 4 is 34.0 Å². The summed E-state index contributed by atoms with van der Waals surface area (Å²) in [7, 11) is 0.